The van der Waals surface area contributed by atoms with Crippen LogP contribution in [-0.4, -0.2) is 42.9 Å². The molecule has 2 N–H and O–H groups in total. The largest absolute Gasteiger partial charge is 0.342 e. The van der Waals surface area contributed by atoms with Gasteiger partial charge in [-0.15, -0.1) is 0 Å². The number of hydrogen-bond acceptors (Lipinski definition) is 3. The van der Waals surface area contributed by atoms with E-state index < -0.39 is 5.82 Å². The number of amides is 2. The van der Waals surface area contributed by atoms with Crippen molar-refractivity contribution in [1.82, 2.24) is 10.2 Å². The smallest absolute Gasteiger partial charge is 0.228 e. The predicted octanol–water partition coefficient (Wildman–Crippen LogP) is 1.88. The van der Waals surface area contributed by atoms with Crippen molar-refractivity contribution >= 4 is 29.1 Å². The van der Waals surface area contributed by atoms with Gasteiger partial charge in [-0.25, -0.2) is 4.39 Å². The van der Waals surface area contributed by atoms with Crippen molar-refractivity contribution in [3.8, 4) is 0 Å². The second-order valence-corrected chi connectivity index (χ2v) is 6.48. The van der Waals surface area contributed by atoms with Crippen molar-refractivity contribution in [1.29, 1.82) is 0 Å². The fraction of sp³-hybridized carbons (Fsp3) is 0.500. The summed E-state index contributed by atoms with van der Waals surface area (Å²) in [7, 11) is 0. The van der Waals surface area contributed by atoms with Gasteiger partial charge in [-0.05, 0) is 31.0 Å². The molecule has 0 saturated carbocycles. The van der Waals surface area contributed by atoms with Crippen LogP contribution in [0.5, 0.6) is 0 Å². The van der Waals surface area contributed by atoms with Gasteiger partial charge >= 0.3 is 0 Å². The second kappa shape index (κ2) is 6.84. The van der Waals surface area contributed by atoms with E-state index in [0.29, 0.717) is 31.6 Å². The zero-order valence-corrected chi connectivity index (χ0v) is 13.4. The Morgan fingerprint density at radius 2 is 1.91 bits per heavy atom. The molecule has 0 unspecified atom stereocenters. The van der Waals surface area contributed by atoms with E-state index in [1.165, 1.54) is 18.2 Å². The zero-order chi connectivity index (χ0) is 16.4. The van der Waals surface area contributed by atoms with Crippen molar-refractivity contribution < 1.29 is 14.0 Å². The van der Waals surface area contributed by atoms with Crippen LogP contribution < -0.4 is 10.6 Å². The summed E-state index contributed by atoms with van der Waals surface area (Å²) in [6, 6.07) is 4.12. The summed E-state index contributed by atoms with van der Waals surface area (Å²) in [6.07, 6.45) is 1.29. The van der Waals surface area contributed by atoms with Gasteiger partial charge in [0.2, 0.25) is 11.8 Å². The molecule has 2 amide bonds. The van der Waals surface area contributed by atoms with Crippen molar-refractivity contribution in [2.24, 2.45) is 11.8 Å². The van der Waals surface area contributed by atoms with Crippen LogP contribution in [0, 0.1) is 17.7 Å². The van der Waals surface area contributed by atoms with Crippen LogP contribution in [0.1, 0.15) is 12.8 Å². The van der Waals surface area contributed by atoms with Crippen molar-refractivity contribution in [3.05, 3.63) is 29.0 Å². The van der Waals surface area contributed by atoms with Gasteiger partial charge in [-0.3, -0.25) is 9.59 Å². The van der Waals surface area contributed by atoms with Gasteiger partial charge in [0.25, 0.3) is 0 Å². The Hall–Kier alpha value is -1.66. The van der Waals surface area contributed by atoms with E-state index in [0.717, 1.165) is 13.1 Å². The average molecular weight is 340 g/mol. The van der Waals surface area contributed by atoms with E-state index in [-0.39, 0.29) is 28.7 Å². The maximum absolute atomic E-state index is 13.1. The van der Waals surface area contributed by atoms with Crippen LogP contribution in [-0.2, 0) is 9.59 Å². The molecule has 2 fully saturated rings. The number of carbonyl (C=O) groups is 2. The third-order valence-electron chi connectivity index (χ3n) is 4.50. The molecule has 124 valence electrons. The topological polar surface area (TPSA) is 61.4 Å². The highest BCUT2D eigenvalue weighted by atomic mass is 35.5. The third-order valence-corrected chi connectivity index (χ3v) is 4.78. The number of halogens is 2. The molecular formula is C16H19ClFN3O2. The summed E-state index contributed by atoms with van der Waals surface area (Å²) >= 11 is 5.71. The highest BCUT2D eigenvalue weighted by molar-refractivity contribution is 6.31. The molecule has 0 aliphatic carbocycles. The van der Waals surface area contributed by atoms with Crippen molar-refractivity contribution in [2.45, 2.75) is 12.8 Å². The summed E-state index contributed by atoms with van der Waals surface area (Å²) in [4.78, 5) is 26.3. The molecule has 1 aromatic rings. The van der Waals surface area contributed by atoms with Crippen molar-refractivity contribution in [3.63, 3.8) is 0 Å². The van der Waals surface area contributed by atoms with E-state index in [2.05, 4.69) is 10.6 Å². The van der Waals surface area contributed by atoms with E-state index in [9.17, 15) is 14.0 Å². The molecule has 3 rings (SSSR count). The number of nitrogens with one attached hydrogen (secondary N) is 2. The maximum Gasteiger partial charge on any atom is 0.228 e. The molecule has 5 nitrogen and oxygen atoms in total. The molecule has 2 heterocycles. The van der Waals surface area contributed by atoms with E-state index in [4.69, 9.17) is 11.6 Å². The Morgan fingerprint density at radius 3 is 2.48 bits per heavy atom. The Balaban J connectivity index is 1.51. The number of benzene rings is 1. The summed E-state index contributed by atoms with van der Waals surface area (Å²) in [5.41, 5.74) is 0.487. The number of piperidine rings is 1. The third kappa shape index (κ3) is 3.64. The number of hydrogen-bond donors (Lipinski definition) is 2. The molecule has 0 atom stereocenters. The minimum Gasteiger partial charge on any atom is -0.342 e. The lowest BCUT2D eigenvalue weighted by Gasteiger charge is -2.36. The van der Waals surface area contributed by atoms with Crippen LogP contribution in [0.2, 0.25) is 5.02 Å². The summed E-state index contributed by atoms with van der Waals surface area (Å²) in [5, 5.41) is 5.84. The van der Waals surface area contributed by atoms with Gasteiger partial charge in [-0.1, -0.05) is 11.6 Å². The second-order valence-electron chi connectivity index (χ2n) is 6.07. The molecule has 0 bridgehead atoms. The Bertz CT molecular complexity index is 613. The minimum atomic E-state index is -0.512. The monoisotopic (exact) mass is 339 g/mol. The van der Waals surface area contributed by atoms with Gasteiger partial charge in [0.1, 0.15) is 5.82 Å². The first-order valence-corrected chi connectivity index (χ1v) is 8.18. The molecule has 23 heavy (non-hydrogen) atoms. The standard InChI is InChI=1S/C16H19ClFN3O2/c17-13-7-12(1-2-14(13)18)20-15(22)10-3-5-21(6-4-10)16(23)11-8-19-9-11/h1-2,7,10-11,19H,3-6,8-9H2,(H,20,22). The first kappa shape index (κ1) is 16.2. The average Bonchev–Trinajstić information content (AvgIpc) is 2.49. The fourth-order valence-electron chi connectivity index (χ4n) is 2.90. The van der Waals surface area contributed by atoms with Crippen LogP contribution in [0.3, 0.4) is 0 Å². The number of rotatable bonds is 3. The van der Waals surface area contributed by atoms with Crippen LogP contribution >= 0.6 is 11.6 Å². The Labute approximate surface area is 139 Å². The number of anilines is 1. The number of carbonyl (C=O) groups excluding carboxylic acids is 2. The van der Waals surface area contributed by atoms with E-state index >= 15 is 0 Å². The molecule has 7 heteroatoms. The molecular weight excluding hydrogens is 321 g/mol. The lowest BCUT2D eigenvalue weighted by atomic mass is 9.93. The molecule has 2 aliphatic rings. The molecule has 0 spiro atoms. The molecule has 0 radical (unpaired) electrons. The predicted molar refractivity (Wildman–Crippen MR) is 85.7 cm³/mol. The molecule has 0 aromatic heterocycles. The quantitative estimate of drug-likeness (QED) is 0.884. The zero-order valence-electron chi connectivity index (χ0n) is 12.6. The van der Waals surface area contributed by atoms with Gasteiger partial charge in [-0.2, -0.15) is 0 Å². The highest BCUT2D eigenvalue weighted by Gasteiger charge is 2.33. The lowest BCUT2D eigenvalue weighted by molar-refractivity contribution is -0.139. The van der Waals surface area contributed by atoms with Gasteiger partial charge in [0.05, 0.1) is 10.9 Å². The SMILES string of the molecule is O=C(Nc1ccc(F)c(Cl)c1)C1CCN(C(=O)C2CNC2)CC1. The molecule has 2 aliphatic heterocycles. The maximum atomic E-state index is 13.1. The van der Waals surface area contributed by atoms with E-state index in [1.54, 1.807) is 0 Å². The van der Waals surface area contributed by atoms with E-state index in [1.807, 2.05) is 4.90 Å². The molecule has 2 saturated heterocycles. The summed E-state index contributed by atoms with van der Waals surface area (Å²) in [5.74, 6) is -0.468. The summed E-state index contributed by atoms with van der Waals surface area (Å²) < 4.78 is 13.1. The fourth-order valence-corrected chi connectivity index (χ4v) is 3.08. The lowest BCUT2D eigenvalue weighted by Crippen LogP contribution is -2.53. The van der Waals surface area contributed by atoms with Crippen molar-refractivity contribution in [2.75, 3.05) is 31.5 Å². The summed E-state index contributed by atoms with van der Waals surface area (Å²) in [6.45, 7) is 2.73. The molecule has 1 aromatic carbocycles. The Kier molecular flexibility index (Phi) is 4.82. The van der Waals surface area contributed by atoms with Gasteiger partial charge in [0.15, 0.2) is 0 Å². The van der Waals surface area contributed by atoms with Crippen LogP contribution in [0.15, 0.2) is 18.2 Å². The van der Waals surface area contributed by atoms with Gasteiger partial charge in [0, 0.05) is 37.8 Å². The Morgan fingerprint density at radius 1 is 1.22 bits per heavy atom. The number of nitrogens with zero attached hydrogens (tertiary/aromatic N) is 1. The first-order valence-electron chi connectivity index (χ1n) is 7.80. The highest BCUT2D eigenvalue weighted by Crippen LogP contribution is 2.23. The normalized spacial score (nSPS) is 19.3. The van der Waals surface area contributed by atoms with Crippen LogP contribution in [0.25, 0.3) is 0 Å². The van der Waals surface area contributed by atoms with Gasteiger partial charge < -0.3 is 15.5 Å². The van der Waals surface area contributed by atoms with Crippen LogP contribution in [0.4, 0.5) is 10.1 Å². The first-order chi connectivity index (χ1) is 11.0. The number of likely N-dealkylation sites (tertiary alicyclic amines) is 1. The minimum absolute atomic E-state index is 0.0164.